The molecule has 1 aliphatic carbocycles. The van der Waals surface area contributed by atoms with Crippen molar-refractivity contribution >= 4 is 0 Å². The van der Waals surface area contributed by atoms with Crippen LogP contribution in [-0.4, -0.2) is 31.8 Å². The van der Waals surface area contributed by atoms with Crippen LogP contribution in [0.3, 0.4) is 0 Å². The van der Waals surface area contributed by atoms with E-state index in [1.54, 1.807) is 0 Å². The molecular weight excluding hydrogens is 200 g/mol. The van der Waals surface area contributed by atoms with Crippen molar-refractivity contribution in [3.63, 3.8) is 0 Å². The Bertz CT molecular complexity index is 214. The Kier molecular flexibility index (Phi) is 4.22. The van der Waals surface area contributed by atoms with Crippen LogP contribution in [-0.2, 0) is 4.74 Å². The molecule has 0 amide bonds. The fourth-order valence-corrected chi connectivity index (χ4v) is 3.07. The van der Waals surface area contributed by atoms with Crippen molar-refractivity contribution in [2.45, 2.75) is 44.6 Å². The fourth-order valence-electron chi connectivity index (χ4n) is 3.07. The maximum atomic E-state index is 5.82. The second-order valence-corrected chi connectivity index (χ2v) is 5.74. The van der Waals surface area contributed by atoms with Crippen LogP contribution in [0.1, 0.15) is 39.0 Å². The zero-order valence-electron chi connectivity index (χ0n) is 10.5. The van der Waals surface area contributed by atoms with Gasteiger partial charge >= 0.3 is 0 Å². The summed E-state index contributed by atoms with van der Waals surface area (Å²) in [4.78, 5) is 0. The zero-order valence-corrected chi connectivity index (χ0v) is 10.5. The lowest BCUT2D eigenvalue weighted by Crippen LogP contribution is -2.49. The molecule has 3 heteroatoms. The van der Waals surface area contributed by atoms with Crippen LogP contribution >= 0.6 is 0 Å². The lowest BCUT2D eigenvalue weighted by atomic mass is 9.90. The van der Waals surface area contributed by atoms with E-state index in [1.807, 2.05) is 0 Å². The first-order valence-corrected chi connectivity index (χ1v) is 6.76. The van der Waals surface area contributed by atoms with E-state index in [4.69, 9.17) is 10.5 Å². The number of nitrogens with one attached hydrogen (secondary N) is 1. The molecule has 0 spiro atoms. The molecule has 0 aromatic carbocycles. The minimum atomic E-state index is 0.306. The molecule has 1 heterocycles. The van der Waals surface area contributed by atoms with E-state index >= 15 is 0 Å². The summed E-state index contributed by atoms with van der Waals surface area (Å²) in [6, 6.07) is 0. The largest absolute Gasteiger partial charge is 0.381 e. The summed E-state index contributed by atoms with van der Waals surface area (Å²) in [5, 5.41) is 3.77. The molecule has 0 aromatic rings. The first-order chi connectivity index (χ1) is 7.73. The van der Waals surface area contributed by atoms with Crippen molar-refractivity contribution in [2.75, 3.05) is 26.3 Å². The monoisotopic (exact) mass is 226 g/mol. The van der Waals surface area contributed by atoms with Crippen molar-refractivity contribution in [3.05, 3.63) is 0 Å². The van der Waals surface area contributed by atoms with Gasteiger partial charge in [0.25, 0.3) is 0 Å². The topological polar surface area (TPSA) is 47.3 Å². The lowest BCUT2D eigenvalue weighted by molar-refractivity contribution is 0.0431. The Hall–Kier alpha value is -0.120. The summed E-state index contributed by atoms with van der Waals surface area (Å²) in [6.45, 7) is 6.18. The van der Waals surface area contributed by atoms with Gasteiger partial charge in [0.15, 0.2) is 0 Å². The van der Waals surface area contributed by atoms with Gasteiger partial charge in [0, 0.05) is 18.8 Å². The summed E-state index contributed by atoms with van der Waals surface area (Å²) in [5.41, 5.74) is 6.12. The van der Waals surface area contributed by atoms with Gasteiger partial charge in [0.1, 0.15) is 0 Å². The number of rotatable bonds is 4. The first kappa shape index (κ1) is 12.3. The Morgan fingerprint density at radius 1 is 1.25 bits per heavy atom. The Balaban J connectivity index is 1.77. The minimum Gasteiger partial charge on any atom is -0.381 e. The van der Waals surface area contributed by atoms with Crippen LogP contribution in [0.2, 0.25) is 0 Å². The molecule has 0 aromatic heterocycles. The highest BCUT2D eigenvalue weighted by Gasteiger charge is 2.31. The van der Waals surface area contributed by atoms with Gasteiger partial charge in [-0.2, -0.15) is 0 Å². The molecule has 1 saturated heterocycles. The molecule has 2 unspecified atom stereocenters. The number of hydrogen-bond donors (Lipinski definition) is 2. The number of hydrogen-bond acceptors (Lipinski definition) is 3. The standard InChI is InChI=1S/C13H26N2O/c1-13(5-7-16-8-6-13)15-10-12-4-2-3-11(12)9-14/h11-12,15H,2-10,14H2,1H3. The average Bonchev–Trinajstić information content (AvgIpc) is 2.75. The van der Waals surface area contributed by atoms with E-state index in [2.05, 4.69) is 12.2 Å². The maximum Gasteiger partial charge on any atom is 0.0483 e. The molecule has 2 atom stereocenters. The van der Waals surface area contributed by atoms with Crippen molar-refractivity contribution in [3.8, 4) is 0 Å². The van der Waals surface area contributed by atoms with Gasteiger partial charge < -0.3 is 15.8 Å². The summed E-state index contributed by atoms with van der Waals surface area (Å²) >= 11 is 0. The van der Waals surface area contributed by atoms with E-state index in [1.165, 1.54) is 19.3 Å². The molecule has 2 fully saturated rings. The highest BCUT2D eigenvalue weighted by Crippen LogP contribution is 2.31. The molecule has 2 rings (SSSR count). The molecule has 0 bridgehead atoms. The lowest BCUT2D eigenvalue weighted by Gasteiger charge is -2.36. The molecule has 0 radical (unpaired) electrons. The maximum absolute atomic E-state index is 5.82. The zero-order chi connectivity index (χ0) is 11.4. The van der Waals surface area contributed by atoms with E-state index < -0.39 is 0 Å². The summed E-state index contributed by atoms with van der Waals surface area (Å²) < 4.78 is 5.42. The Morgan fingerprint density at radius 3 is 2.62 bits per heavy atom. The van der Waals surface area contributed by atoms with Crippen molar-refractivity contribution < 1.29 is 4.74 Å². The van der Waals surface area contributed by atoms with Crippen LogP contribution in [0.5, 0.6) is 0 Å². The van der Waals surface area contributed by atoms with Crippen molar-refractivity contribution in [1.29, 1.82) is 0 Å². The third-order valence-electron chi connectivity index (χ3n) is 4.51. The molecule has 2 aliphatic rings. The molecular formula is C13H26N2O. The summed E-state index contributed by atoms with van der Waals surface area (Å²) in [6.07, 6.45) is 6.36. The number of ether oxygens (including phenoxy) is 1. The number of nitrogens with two attached hydrogens (primary N) is 1. The van der Waals surface area contributed by atoms with Crippen LogP contribution < -0.4 is 11.1 Å². The highest BCUT2D eigenvalue weighted by molar-refractivity contribution is 4.88. The van der Waals surface area contributed by atoms with Crippen molar-refractivity contribution in [2.24, 2.45) is 17.6 Å². The van der Waals surface area contributed by atoms with Gasteiger partial charge in [-0.1, -0.05) is 6.42 Å². The van der Waals surface area contributed by atoms with Gasteiger partial charge in [0.2, 0.25) is 0 Å². The fraction of sp³-hybridized carbons (Fsp3) is 1.00. The molecule has 3 N–H and O–H groups in total. The smallest absolute Gasteiger partial charge is 0.0483 e. The SMILES string of the molecule is CC1(NCC2CCCC2CN)CCOCC1. The predicted molar refractivity (Wildman–Crippen MR) is 66.3 cm³/mol. The average molecular weight is 226 g/mol. The molecule has 1 saturated carbocycles. The molecule has 16 heavy (non-hydrogen) atoms. The van der Waals surface area contributed by atoms with Crippen molar-refractivity contribution in [1.82, 2.24) is 5.32 Å². The predicted octanol–water partition coefficient (Wildman–Crippen LogP) is 1.52. The Morgan fingerprint density at radius 2 is 1.94 bits per heavy atom. The second-order valence-electron chi connectivity index (χ2n) is 5.74. The van der Waals surface area contributed by atoms with Crippen LogP contribution in [0.4, 0.5) is 0 Å². The second kappa shape index (κ2) is 5.48. The highest BCUT2D eigenvalue weighted by atomic mass is 16.5. The van der Waals surface area contributed by atoms with E-state index in [9.17, 15) is 0 Å². The van der Waals surface area contributed by atoms with Crippen LogP contribution in [0.25, 0.3) is 0 Å². The summed E-state index contributed by atoms with van der Waals surface area (Å²) in [7, 11) is 0. The van der Waals surface area contributed by atoms with Gasteiger partial charge in [-0.05, 0) is 57.5 Å². The van der Waals surface area contributed by atoms with Crippen LogP contribution in [0.15, 0.2) is 0 Å². The quantitative estimate of drug-likeness (QED) is 0.764. The summed E-state index contributed by atoms with van der Waals surface area (Å²) in [5.74, 6) is 1.57. The minimum absolute atomic E-state index is 0.306. The van der Waals surface area contributed by atoms with E-state index in [-0.39, 0.29) is 0 Å². The van der Waals surface area contributed by atoms with E-state index in [0.29, 0.717) is 5.54 Å². The molecule has 94 valence electrons. The van der Waals surface area contributed by atoms with E-state index in [0.717, 1.165) is 51.0 Å². The van der Waals surface area contributed by atoms with Crippen LogP contribution in [0, 0.1) is 11.8 Å². The first-order valence-electron chi connectivity index (χ1n) is 6.76. The van der Waals surface area contributed by atoms with Gasteiger partial charge in [-0.3, -0.25) is 0 Å². The Labute approximate surface area is 99.1 Å². The third kappa shape index (κ3) is 2.96. The third-order valence-corrected chi connectivity index (χ3v) is 4.51. The van der Waals surface area contributed by atoms with Gasteiger partial charge in [0.05, 0.1) is 0 Å². The van der Waals surface area contributed by atoms with Gasteiger partial charge in [-0.15, -0.1) is 0 Å². The normalized spacial score (nSPS) is 34.1. The molecule has 1 aliphatic heterocycles. The molecule has 3 nitrogen and oxygen atoms in total. The van der Waals surface area contributed by atoms with Gasteiger partial charge in [-0.25, -0.2) is 0 Å².